The third-order valence-electron chi connectivity index (χ3n) is 6.77. The van der Waals surface area contributed by atoms with Crippen molar-refractivity contribution >= 4 is 11.8 Å². The topological polar surface area (TPSA) is 71.3 Å². The first kappa shape index (κ1) is 16.6. The molecule has 4 aliphatic rings. The Morgan fingerprint density at radius 1 is 0.889 bits per heavy atom. The molecule has 1 aromatic carbocycles. The first-order chi connectivity index (χ1) is 13.1. The third kappa shape index (κ3) is 2.85. The lowest BCUT2D eigenvalue weighted by molar-refractivity contribution is -0.147. The fourth-order valence-electron chi connectivity index (χ4n) is 6.02. The van der Waals surface area contributed by atoms with Gasteiger partial charge in [0.1, 0.15) is 0 Å². The van der Waals surface area contributed by atoms with E-state index in [-0.39, 0.29) is 17.1 Å². The Hall–Kier alpha value is -2.56. The van der Waals surface area contributed by atoms with Crippen molar-refractivity contribution in [3.05, 3.63) is 48.4 Å². The summed E-state index contributed by atoms with van der Waals surface area (Å²) >= 11 is 0. The maximum atomic E-state index is 13.0. The zero-order valence-electron chi connectivity index (χ0n) is 15.2. The summed E-state index contributed by atoms with van der Waals surface area (Å²) in [5.41, 5.74) is 6.64. The first-order valence-electron chi connectivity index (χ1n) is 9.87. The summed E-state index contributed by atoms with van der Waals surface area (Å²) < 4.78 is 5.40. The molecule has 0 saturated heterocycles. The van der Waals surface area contributed by atoms with Crippen molar-refractivity contribution in [1.82, 2.24) is 10.9 Å². The molecule has 0 aliphatic heterocycles. The fraction of sp³-hybridized carbons (Fsp3) is 0.455. The van der Waals surface area contributed by atoms with E-state index >= 15 is 0 Å². The van der Waals surface area contributed by atoms with Gasteiger partial charge in [0.05, 0.1) is 11.7 Å². The highest BCUT2D eigenvalue weighted by Gasteiger charge is 2.54. The molecular weight excluding hydrogens is 340 g/mol. The summed E-state index contributed by atoms with van der Waals surface area (Å²) in [6.45, 7) is 0. The average molecular weight is 364 g/mol. The highest BCUT2D eigenvalue weighted by Crippen LogP contribution is 2.60. The number of nitrogens with one attached hydrogen (secondary N) is 2. The van der Waals surface area contributed by atoms with Crippen LogP contribution in [-0.4, -0.2) is 11.8 Å². The summed E-state index contributed by atoms with van der Waals surface area (Å²) in [7, 11) is 0. The lowest BCUT2D eigenvalue weighted by Crippen LogP contribution is -2.56. The van der Waals surface area contributed by atoms with Gasteiger partial charge in [0.25, 0.3) is 0 Å². The van der Waals surface area contributed by atoms with Gasteiger partial charge in [-0.25, -0.2) is 0 Å². The van der Waals surface area contributed by atoms with E-state index in [1.165, 1.54) is 25.5 Å². The van der Waals surface area contributed by atoms with Gasteiger partial charge in [-0.15, -0.1) is 0 Å². The van der Waals surface area contributed by atoms with Gasteiger partial charge < -0.3 is 4.42 Å². The van der Waals surface area contributed by atoms with Crippen LogP contribution in [0.5, 0.6) is 0 Å². The van der Waals surface area contributed by atoms with E-state index in [2.05, 4.69) is 10.9 Å². The second-order valence-corrected chi connectivity index (χ2v) is 8.64. The predicted molar refractivity (Wildman–Crippen MR) is 100 cm³/mol. The minimum absolute atomic E-state index is 0.0252. The van der Waals surface area contributed by atoms with Gasteiger partial charge in [-0.2, -0.15) is 0 Å². The zero-order chi connectivity index (χ0) is 18.4. The summed E-state index contributed by atoms with van der Waals surface area (Å²) in [6.07, 6.45) is 8.26. The molecule has 6 rings (SSSR count). The molecule has 2 N–H and O–H groups in total. The number of hydrazine groups is 1. The average Bonchev–Trinajstić information content (AvgIpc) is 3.15. The van der Waals surface area contributed by atoms with Crippen LogP contribution in [0.25, 0.3) is 11.1 Å². The third-order valence-corrected chi connectivity index (χ3v) is 6.77. The predicted octanol–water partition coefficient (Wildman–Crippen LogP) is 3.92. The number of carbonyl (C=O) groups is 2. The summed E-state index contributed by atoms with van der Waals surface area (Å²) in [6, 6.07) is 11.4. The number of benzene rings is 1. The van der Waals surface area contributed by atoms with Crippen LogP contribution in [0.1, 0.15) is 49.1 Å². The molecule has 1 aromatic heterocycles. The quantitative estimate of drug-likeness (QED) is 0.811. The van der Waals surface area contributed by atoms with Crippen LogP contribution >= 0.6 is 0 Å². The molecule has 5 nitrogen and oxygen atoms in total. The van der Waals surface area contributed by atoms with Crippen molar-refractivity contribution in [2.45, 2.75) is 38.5 Å². The summed E-state index contributed by atoms with van der Waals surface area (Å²) in [5, 5.41) is 0. The zero-order valence-corrected chi connectivity index (χ0v) is 15.2. The van der Waals surface area contributed by atoms with Gasteiger partial charge >= 0.3 is 5.91 Å². The van der Waals surface area contributed by atoms with Crippen LogP contribution in [0.4, 0.5) is 0 Å². The van der Waals surface area contributed by atoms with Crippen LogP contribution in [0.15, 0.2) is 47.1 Å². The van der Waals surface area contributed by atoms with Gasteiger partial charge in [0, 0.05) is 5.56 Å². The number of carbonyl (C=O) groups excluding carboxylic acids is 2. The Bertz CT molecular complexity index is 835. The molecule has 0 spiro atoms. The summed E-state index contributed by atoms with van der Waals surface area (Å²) in [4.78, 5) is 25.6. The lowest BCUT2D eigenvalue weighted by Gasteiger charge is -2.55. The molecular formula is C22H24N2O3. The van der Waals surface area contributed by atoms with E-state index in [4.69, 9.17) is 4.42 Å². The molecule has 27 heavy (non-hydrogen) atoms. The van der Waals surface area contributed by atoms with Gasteiger partial charge in [-0.3, -0.25) is 20.4 Å². The smallest absolute Gasteiger partial charge is 0.306 e. The van der Waals surface area contributed by atoms with E-state index in [9.17, 15) is 9.59 Å². The van der Waals surface area contributed by atoms with E-state index in [1.807, 2.05) is 30.3 Å². The van der Waals surface area contributed by atoms with E-state index in [0.29, 0.717) is 17.8 Å². The number of furan rings is 1. The molecule has 2 amide bonds. The van der Waals surface area contributed by atoms with Gasteiger partial charge in [0.15, 0.2) is 0 Å². The number of rotatable bonds is 3. The second kappa shape index (κ2) is 6.25. The largest absolute Gasteiger partial charge is 0.458 e. The van der Waals surface area contributed by atoms with Crippen LogP contribution < -0.4 is 10.9 Å². The monoisotopic (exact) mass is 364 g/mol. The molecule has 0 unspecified atom stereocenters. The molecule has 4 aliphatic carbocycles. The van der Waals surface area contributed by atoms with Crippen LogP contribution in [0.3, 0.4) is 0 Å². The molecule has 4 saturated carbocycles. The Kier molecular flexibility index (Phi) is 3.85. The van der Waals surface area contributed by atoms with E-state index < -0.39 is 5.91 Å². The molecule has 1 heterocycles. The van der Waals surface area contributed by atoms with Crippen molar-refractivity contribution in [3.63, 3.8) is 0 Å². The molecule has 140 valence electrons. The molecule has 0 atom stereocenters. The van der Waals surface area contributed by atoms with Crippen LogP contribution in [-0.2, 0) is 4.79 Å². The Morgan fingerprint density at radius 2 is 1.52 bits per heavy atom. The lowest BCUT2D eigenvalue weighted by atomic mass is 9.49. The first-order valence-corrected chi connectivity index (χ1v) is 9.87. The molecule has 4 bridgehead atoms. The minimum atomic E-state index is -0.420. The van der Waals surface area contributed by atoms with Crippen LogP contribution in [0, 0.1) is 23.2 Å². The van der Waals surface area contributed by atoms with Crippen molar-refractivity contribution in [1.29, 1.82) is 0 Å². The number of amides is 2. The van der Waals surface area contributed by atoms with Crippen molar-refractivity contribution in [2.75, 3.05) is 0 Å². The molecule has 2 aromatic rings. The number of hydrogen-bond acceptors (Lipinski definition) is 3. The Labute approximate surface area is 158 Å². The van der Waals surface area contributed by atoms with Crippen LogP contribution in [0.2, 0.25) is 0 Å². The fourth-order valence-corrected chi connectivity index (χ4v) is 6.02. The van der Waals surface area contributed by atoms with E-state index in [1.54, 1.807) is 6.07 Å². The van der Waals surface area contributed by atoms with Gasteiger partial charge in [0.2, 0.25) is 11.7 Å². The second-order valence-electron chi connectivity index (χ2n) is 8.64. The normalized spacial score (nSPS) is 30.9. The Morgan fingerprint density at radius 3 is 2.15 bits per heavy atom. The van der Waals surface area contributed by atoms with Gasteiger partial charge in [-0.1, -0.05) is 30.3 Å². The highest BCUT2D eigenvalue weighted by molar-refractivity contribution is 5.99. The molecule has 0 radical (unpaired) electrons. The van der Waals surface area contributed by atoms with Crippen molar-refractivity contribution < 1.29 is 14.0 Å². The SMILES string of the molecule is O=C(NNC(=O)C12CC3CC(CC(C3)C1)C2)c1occc1-c1ccccc1. The van der Waals surface area contributed by atoms with Crippen molar-refractivity contribution in [2.24, 2.45) is 23.2 Å². The standard InChI is InChI=1S/C22H24N2O3/c25-20(19-18(6-7-27-19)17-4-2-1-3-5-17)23-24-21(26)22-11-14-8-15(12-22)10-16(9-14)13-22/h1-7,14-16H,8-13H2,(H,23,25)(H,24,26). The maximum Gasteiger partial charge on any atom is 0.306 e. The highest BCUT2D eigenvalue weighted by atomic mass is 16.3. The maximum absolute atomic E-state index is 13.0. The summed E-state index contributed by atoms with van der Waals surface area (Å²) in [5.74, 6) is 1.83. The van der Waals surface area contributed by atoms with Crippen molar-refractivity contribution in [3.8, 4) is 11.1 Å². The van der Waals surface area contributed by atoms with Gasteiger partial charge in [-0.05, 0) is 67.9 Å². The molecule has 5 heteroatoms. The molecule has 4 fully saturated rings. The van der Waals surface area contributed by atoms with E-state index in [0.717, 1.165) is 30.4 Å². The minimum Gasteiger partial charge on any atom is -0.458 e. The Balaban J connectivity index is 1.28. The number of hydrogen-bond donors (Lipinski definition) is 2.